The molecular formula is C23H48N2O. The Balaban J connectivity index is 3.23. The van der Waals surface area contributed by atoms with E-state index in [0.717, 1.165) is 26.1 Å². The smallest absolute Gasteiger partial charge is 0.221 e. The van der Waals surface area contributed by atoms with E-state index in [2.05, 4.69) is 31.1 Å². The van der Waals surface area contributed by atoms with Crippen molar-refractivity contribution < 1.29 is 4.79 Å². The van der Waals surface area contributed by atoms with Crippen molar-refractivity contribution in [3.05, 3.63) is 0 Å². The largest absolute Gasteiger partial charge is 0.356 e. The molecule has 1 amide bonds. The number of nitrogens with one attached hydrogen (secondary N) is 1. The first kappa shape index (κ1) is 25.4. The number of amides is 1. The van der Waals surface area contributed by atoms with Crippen LogP contribution >= 0.6 is 0 Å². The molecule has 156 valence electrons. The van der Waals surface area contributed by atoms with Crippen molar-refractivity contribution in [2.24, 2.45) is 0 Å². The third-order valence-electron chi connectivity index (χ3n) is 5.22. The second-order valence-corrected chi connectivity index (χ2v) is 8.00. The summed E-state index contributed by atoms with van der Waals surface area (Å²) in [5, 5.41) is 3.08. The number of hydrogen-bond donors (Lipinski definition) is 1. The second-order valence-electron chi connectivity index (χ2n) is 8.00. The molecule has 3 heteroatoms. The Labute approximate surface area is 164 Å². The molecular weight excluding hydrogens is 320 g/mol. The Morgan fingerprint density at radius 1 is 0.654 bits per heavy atom. The molecule has 0 atom stereocenters. The fourth-order valence-electron chi connectivity index (χ4n) is 3.32. The monoisotopic (exact) mass is 368 g/mol. The number of carbonyl (C=O) groups excluding carboxylic acids is 1. The summed E-state index contributed by atoms with van der Waals surface area (Å²) < 4.78 is 0. The first-order valence-electron chi connectivity index (χ1n) is 11.7. The highest BCUT2D eigenvalue weighted by Gasteiger charge is 2.03. The van der Waals surface area contributed by atoms with Gasteiger partial charge in [-0.15, -0.1) is 0 Å². The molecule has 0 aliphatic carbocycles. The van der Waals surface area contributed by atoms with Crippen LogP contribution in [-0.4, -0.2) is 37.5 Å². The Kier molecular flexibility index (Phi) is 20.3. The molecule has 0 aromatic carbocycles. The van der Waals surface area contributed by atoms with Gasteiger partial charge < -0.3 is 10.2 Å². The average Bonchev–Trinajstić information content (AvgIpc) is 2.64. The second kappa shape index (κ2) is 20.7. The van der Waals surface area contributed by atoms with Gasteiger partial charge >= 0.3 is 0 Å². The first-order chi connectivity index (χ1) is 12.7. The maximum Gasteiger partial charge on any atom is 0.221 e. The lowest BCUT2D eigenvalue weighted by Crippen LogP contribution is -2.29. The molecule has 0 spiro atoms. The number of hydrogen-bond acceptors (Lipinski definition) is 2. The van der Waals surface area contributed by atoms with Gasteiger partial charge in [-0.05, 0) is 26.4 Å². The predicted octanol–water partition coefficient (Wildman–Crippen LogP) is 6.32. The standard InChI is InChI=1S/C23H48N2O/c1-4-6-8-9-10-11-12-13-14-15-16-17-20-24-23(26)19-22-25(3)21-18-7-5-2/h4-22H2,1-3H3,(H,24,26). The zero-order valence-electron chi connectivity index (χ0n) is 18.3. The van der Waals surface area contributed by atoms with Crippen LogP contribution in [0, 0.1) is 0 Å². The normalized spacial score (nSPS) is 11.2. The fraction of sp³-hybridized carbons (Fsp3) is 0.957. The number of nitrogens with zero attached hydrogens (tertiary/aromatic N) is 1. The molecule has 0 rings (SSSR count). The van der Waals surface area contributed by atoms with Gasteiger partial charge in [0.15, 0.2) is 0 Å². The Bertz CT molecular complexity index is 294. The third-order valence-corrected chi connectivity index (χ3v) is 5.22. The van der Waals surface area contributed by atoms with E-state index in [1.807, 2.05) is 0 Å². The first-order valence-corrected chi connectivity index (χ1v) is 11.7. The summed E-state index contributed by atoms with van der Waals surface area (Å²) in [5.74, 6) is 0.218. The van der Waals surface area contributed by atoms with Gasteiger partial charge in [0, 0.05) is 19.5 Å². The highest BCUT2D eigenvalue weighted by Crippen LogP contribution is 2.11. The van der Waals surface area contributed by atoms with Crippen LogP contribution in [0.25, 0.3) is 0 Å². The van der Waals surface area contributed by atoms with Crippen LogP contribution in [0.5, 0.6) is 0 Å². The maximum atomic E-state index is 11.8. The summed E-state index contributed by atoms with van der Waals surface area (Å²) in [6, 6.07) is 0. The Morgan fingerprint density at radius 2 is 1.12 bits per heavy atom. The molecule has 0 unspecified atom stereocenters. The fourth-order valence-corrected chi connectivity index (χ4v) is 3.32. The molecule has 0 aromatic rings. The highest BCUT2D eigenvalue weighted by atomic mass is 16.1. The van der Waals surface area contributed by atoms with Crippen molar-refractivity contribution in [2.75, 3.05) is 26.7 Å². The van der Waals surface area contributed by atoms with Gasteiger partial charge in [-0.2, -0.15) is 0 Å². The lowest BCUT2D eigenvalue weighted by Gasteiger charge is -2.15. The summed E-state index contributed by atoms with van der Waals surface area (Å²) >= 11 is 0. The minimum absolute atomic E-state index is 0.218. The topological polar surface area (TPSA) is 32.3 Å². The van der Waals surface area contributed by atoms with Gasteiger partial charge in [0.2, 0.25) is 5.91 Å². The molecule has 0 aliphatic rings. The lowest BCUT2D eigenvalue weighted by molar-refractivity contribution is -0.121. The van der Waals surface area contributed by atoms with E-state index < -0.39 is 0 Å². The number of carbonyl (C=O) groups is 1. The van der Waals surface area contributed by atoms with E-state index >= 15 is 0 Å². The van der Waals surface area contributed by atoms with Crippen LogP contribution in [0.4, 0.5) is 0 Å². The molecule has 26 heavy (non-hydrogen) atoms. The van der Waals surface area contributed by atoms with Crippen molar-refractivity contribution in [2.45, 2.75) is 117 Å². The molecule has 3 nitrogen and oxygen atoms in total. The minimum Gasteiger partial charge on any atom is -0.356 e. The van der Waals surface area contributed by atoms with E-state index in [0.29, 0.717) is 6.42 Å². The van der Waals surface area contributed by atoms with Gasteiger partial charge in [0.05, 0.1) is 0 Å². The van der Waals surface area contributed by atoms with Crippen molar-refractivity contribution in [3.63, 3.8) is 0 Å². The molecule has 0 aliphatic heterocycles. The molecule has 0 radical (unpaired) electrons. The van der Waals surface area contributed by atoms with E-state index in [1.54, 1.807) is 0 Å². The summed E-state index contributed by atoms with van der Waals surface area (Å²) in [6.45, 7) is 7.35. The van der Waals surface area contributed by atoms with Crippen molar-refractivity contribution >= 4 is 5.91 Å². The summed E-state index contributed by atoms with van der Waals surface area (Å²) in [6.07, 6.45) is 20.8. The van der Waals surface area contributed by atoms with Crippen molar-refractivity contribution in [1.29, 1.82) is 0 Å². The maximum absolute atomic E-state index is 11.8. The Morgan fingerprint density at radius 3 is 1.65 bits per heavy atom. The van der Waals surface area contributed by atoms with Gasteiger partial charge in [0.25, 0.3) is 0 Å². The van der Waals surface area contributed by atoms with Crippen molar-refractivity contribution in [3.8, 4) is 0 Å². The van der Waals surface area contributed by atoms with Crippen LogP contribution in [0.1, 0.15) is 117 Å². The number of unbranched alkanes of at least 4 members (excludes halogenated alkanes) is 13. The highest BCUT2D eigenvalue weighted by molar-refractivity contribution is 5.75. The predicted molar refractivity (Wildman–Crippen MR) is 116 cm³/mol. The van der Waals surface area contributed by atoms with E-state index in [9.17, 15) is 4.79 Å². The van der Waals surface area contributed by atoms with Gasteiger partial charge in [-0.3, -0.25) is 4.79 Å². The Hall–Kier alpha value is -0.570. The molecule has 0 saturated heterocycles. The quantitative estimate of drug-likeness (QED) is 0.255. The minimum atomic E-state index is 0.218. The molecule has 0 aromatic heterocycles. The lowest BCUT2D eigenvalue weighted by atomic mass is 10.1. The zero-order valence-corrected chi connectivity index (χ0v) is 18.3. The zero-order chi connectivity index (χ0) is 19.3. The summed E-state index contributed by atoms with van der Waals surface area (Å²) in [5.41, 5.74) is 0. The summed E-state index contributed by atoms with van der Waals surface area (Å²) in [7, 11) is 2.12. The van der Waals surface area contributed by atoms with E-state index in [4.69, 9.17) is 0 Å². The molecule has 0 saturated carbocycles. The van der Waals surface area contributed by atoms with E-state index in [1.165, 1.54) is 89.9 Å². The van der Waals surface area contributed by atoms with Crippen LogP contribution in [0.15, 0.2) is 0 Å². The van der Waals surface area contributed by atoms with Crippen LogP contribution in [0.2, 0.25) is 0 Å². The van der Waals surface area contributed by atoms with Gasteiger partial charge in [0.1, 0.15) is 0 Å². The average molecular weight is 369 g/mol. The number of rotatable bonds is 20. The molecule has 1 N–H and O–H groups in total. The molecule has 0 fully saturated rings. The van der Waals surface area contributed by atoms with E-state index in [-0.39, 0.29) is 5.91 Å². The van der Waals surface area contributed by atoms with Crippen LogP contribution < -0.4 is 5.32 Å². The van der Waals surface area contributed by atoms with Crippen molar-refractivity contribution in [1.82, 2.24) is 10.2 Å². The summed E-state index contributed by atoms with van der Waals surface area (Å²) in [4.78, 5) is 14.1. The van der Waals surface area contributed by atoms with Gasteiger partial charge in [-0.25, -0.2) is 0 Å². The SMILES string of the molecule is CCCCCCCCCCCCCCNC(=O)CCN(C)CCCCC. The molecule has 0 bridgehead atoms. The van der Waals surface area contributed by atoms with Gasteiger partial charge in [-0.1, -0.05) is 97.3 Å². The third kappa shape index (κ3) is 19.8. The van der Waals surface area contributed by atoms with Crippen LogP contribution in [-0.2, 0) is 4.79 Å². The van der Waals surface area contributed by atoms with Crippen LogP contribution in [0.3, 0.4) is 0 Å². The molecule has 0 heterocycles.